The Kier molecular flexibility index (Phi) is 6.18. The summed E-state index contributed by atoms with van der Waals surface area (Å²) in [4.78, 5) is 34.8. The second-order valence-electron chi connectivity index (χ2n) is 6.96. The van der Waals surface area contributed by atoms with E-state index in [0.29, 0.717) is 11.8 Å². The number of nitro benzene ring substituents is 1. The number of hydrogen-bond acceptors (Lipinski definition) is 6. The normalized spacial score (nSPS) is 23.7. The number of nitrogens with one attached hydrogen (secondary N) is 1. The lowest BCUT2D eigenvalue weighted by atomic mass is 9.78. The molecule has 2 rings (SSSR count). The molecule has 8 heteroatoms. The van der Waals surface area contributed by atoms with Crippen LogP contribution in [0.3, 0.4) is 0 Å². The maximum atomic E-state index is 12.3. The van der Waals surface area contributed by atoms with Gasteiger partial charge in [-0.05, 0) is 37.3 Å². The van der Waals surface area contributed by atoms with Gasteiger partial charge in [-0.2, -0.15) is 0 Å². The molecule has 0 unspecified atom stereocenters. The van der Waals surface area contributed by atoms with Crippen molar-refractivity contribution < 1.29 is 19.2 Å². The van der Waals surface area contributed by atoms with Crippen LogP contribution in [0.4, 0.5) is 11.4 Å². The molecular weight excluding hydrogens is 338 g/mol. The van der Waals surface area contributed by atoms with Crippen LogP contribution in [0.2, 0.25) is 0 Å². The van der Waals surface area contributed by atoms with Crippen molar-refractivity contribution in [2.45, 2.75) is 52.2 Å². The Labute approximate surface area is 152 Å². The molecule has 1 saturated carbocycles. The minimum atomic E-state index is -0.997. The fraction of sp³-hybridized carbons (Fsp3) is 0.556. The van der Waals surface area contributed by atoms with E-state index in [1.807, 2.05) is 0 Å². The van der Waals surface area contributed by atoms with Gasteiger partial charge < -0.3 is 15.8 Å². The summed E-state index contributed by atoms with van der Waals surface area (Å²) in [7, 11) is 0. The second kappa shape index (κ2) is 8.16. The van der Waals surface area contributed by atoms with Gasteiger partial charge >= 0.3 is 5.97 Å². The van der Waals surface area contributed by atoms with Gasteiger partial charge in [0.05, 0.1) is 10.5 Å². The summed E-state index contributed by atoms with van der Waals surface area (Å²) in [6, 6.07) is 3.71. The van der Waals surface area contributed by atoms with Crippen molar-refractivity contribution in [3.63, 3.8) is 0 Å². The van der Waals surface area contributed by atoms with Crippen molar-refractivity contribution in [1.29, 1.82) is 0 Å². The van der Waals surface area contributed by atoms with E-state index in [4.69, 9.17) is 10.5 Å². The molecule has 1 aliphatic carbocycles. The van der Waals surface area contributed by atoms with E-state index in [0.717, 1.165) is 25.3 Å². The van der Waals surface area contributed by atoms with Crippen LogP contribution >= 0.6 is 0 Å². The van der Waals surface area contributed by atoms with Crippen LogP contribution in [0.15, 0.2) is 18.2 Å². The van der Waals surface area contributed by atoms with E-state index >= 15 is 0 Å². The zero-order chi connectivity index (χ0) is 19.4. The van der Waals surface area contributed by atoms with E-state index in [1.54, 1.807) is 0 Å². The molecule has 26 heavy (non-hydrogen) atoms. The van der Waals surface area contributed by atoms with Gasteiger partial charge in [-0.25, -0.2) is 4.79 Å². The standard InChI is InChI=1S/C18H25N3O5/c1-10-5-4-6-15(11(10)2)20-17(22)12(3)26-18(23)13-7-8-14(19)16(9-13)21(24)25/h7-12,15H,4-6,19H2,1-3H3,(H,20,22)/t10-,11+,12-,15+/m0/s1. The maximum Gasteiger partial charge on any atom is 0.339 e. The first-order chi connectivity index (χ1) is 12.2. The predicted octanol–water partition coefficient (Wildman–Crippen LogP) is 2.66. The third-order valence-electron chi connectivity index (χ3n) is 5.15. The molecule has 1 fully saturated rings. The van der Waals surface area contributed by atoms with Crippen molar-refractivity contribution in [3.05, 3.63) is 33.9 Å². The molecule has 8 nitrogen and oxygen atoms in total. The molecule has 1 amide bonds. The highest BCUT2D eigenvalue weighted by molar-refractivity contribution is 5.93. The zero-order valence-corrected chi connectivity index (χ0v) is 15.2. The first-order valence-electron chi connectivity index (χ1n) is 8.76. The number of ether oxygens (including phenoxy) is 1. The highest BCUT2D eigenvalue weighted by Gasteiger charge is 2.30. The summed E-state index contributed by atoms with van der Waals surface area (Å²) in [5, 5.41) is 13.9. The Morgan fingerprint density at radius 3 is 2.69 bits per heavy atom. The van der Waals surface area contributed by atoms with Crippen LogP contribution in [-0.2, 0) is 9.53 Å². The fourth-order valence-corrected chi connectivity index (χ4v) is 3.20. The number of nitrogen functional groups attached to an aromatic ring is 1. The Morgan fingerprint density at radius 1 is 1.35 bits per heavy atom. The van der Waals surface area contributed by atoms with E-state index in [2.05, 4.69) is 19.2 Å². The Bertz CT molecular complexity index is 706. The quantitative estimate of drug-likeness (QED) is 0.359. The van der Waals surface area contributed by atoms with Gasteiger partial charge in [-0.1, -0.05) is 26.7 Å². The van der Waals surface area contributed by atoms with Gasteiger partial charge in [-0.3, -0.25) is 14.9 Å². The van der Waals surface area contributed by atoms with Gasteiger partial charge in [0.2, 0.25) is 0 Å². The predicted molar refractivity (Wildman–Crippen MR) is 96.5 cm³/mol. The number of carbonyl (C=O) groups excluding carboxylic acids is 2. The summed E-state index contributed by atoms with van der Waals surface area (Å²) in [5.41, 5.74) is 5.07. The number of benzene rings is 1. The van der Waals surface area contributed by atoms with Crippen LogP contribution in [0.25, 0.3) is 0 Å². The highest BCUT2D eigenvalue weighted by Crippen LogP contribution is 2.29. The Morgan fingerprint density at radius 2 is 2.04 bits per heavy atom. The van der Waals surface area contributed by atoms with Crippen molar-refractivity contribution >= 4 is 23.3 Å². The molecule has 1 aliphatic rings. The topological polar surface area (TPSA) is 125 Å². The summed E-state index contributed by atoms with van der Waals surface area (Å²) in [6.07, 6.45) is 2.11. The minimum Gasteiger partial charge on any atom is -0.449 e. The first kappa shape index (κ1) is 19.7. The van der Waals surface area contributed by atoms with Gasteiger partial charge in [-0.15, -0.1) is 0 Å². The van der Waals surface area contributed by atoms with Crippen LogP contribution in [0.1, 0.15) is 50.4 Å². The number of anilines is 1. The number of carbonyl (C=O) groups is 2. The summed E-state index contributed by atoms with van der Waals surface area (Å²) in [6.45, 7) is 5.76. The minimum absolute atomic E-state index is 0.0230. The van der Waals surface area contributed by atoms with Crippen molar-refractivity contribution in [2.24, 2.45) is 11.8 Å². The average Bonchev–Trinajstić information content (AvgIpc) is 2.58. The number of nitrogens with zero attached hydrogens (tertiary/aromatic N) is 1. The molecule has 0 radical (unpaired) electrons. The van der Waals surface area contributed by atoms with Gasteiger partial charge in [0.25, 0.3) is 11.6 Å². The summed E-state index contributed by atoms with van der Waals surface area (Å²) < 4.78 is 5.16. The number of amides is 1. The number of hydrogen-bond donors (Lipinski definition) is 2. The van der Waals surface area contributed by atoms with E-state index in [9.17, 15) is 19.7 Å². The van der Waals surface area contributed by atoms with E-state index < -0.39 is 17.0 Å². The number of nitrogens with two attached hydrogens (primary N) is 1. The van der Waals surface area contributed by atoms with Crippen molar-refractivity contribution in [3.8, 4) is 0 Å². The van der Waals surface area contributed by atoms with Crippen molar-refractivity contribution in [1.82, 2.24) is 5.32 Å². The van der Waals surface area contributed by atoms with Gasteiger partial charge in [0.1, 0.15) is 5.69 Å². The zero-order valence-electron chi connectivity index (χ0n) is 15.2. The molecule has 1 aromatic rings. The molecule has 0 saturated heterocycles. The van der Waals surface area contributed by atoms with E-state index in [1.165, 1.54) is 19.1 Å². The Balaban J connectivity index is 1.99. The second-order valence-corrected chi connectivity index (χ2v) is 6.96. The molecule has 142 valence electrons. The number of esters is 1. The van der Waals surface area contributed by atoms with Crippen LogP contribution < -0.4 is 11.1 Å². The highest BCUT2D eigenvalue weighted by atomic mass is 16.6. The monoisotopic (exact) mass is 363 g/mol. The number of rotatable bonds is 5. The fourth-order valence-electron chi connectivity index (χ4n) is 3.20. The molecule has 0 heterocycles. The van der Waals surface area contributed by atoms with Crippen LogP contribution in [0.5, 0.6) is 0 Å². The van der Waals surface area contributed by atoms with Gasteiger partial charge in [0.15, 0.2) is 6.10 Å². The molecule has 0 aliphatic heterocycles. The maximum absolute atomic E-state index is 12.3. The summed E-state index contributed by atoms with van der Waals surface area (Å²) in [5.74, 6) is -0.285. The lowest BCUT2D eigenvalue weighted by Crippen LogP contribution is -2.47. The Hall–Kier alpha value is -2.64. The molecule has 1 aromatic carbocycles. The lowest BCUT2D eigenvalue weighted by Gasteiger charge is -2.35. The molecule has 0 spiro atoms. The molecular formula is C18H25N3O5. The SMILES string of the molecule is C[C@@H]1[C@@H](C)CCC[C@H]1NC(=O)[C@H](C)OC(=O)c1ccc(N)c([N+](=O)[O-])c1. The van der Waals surface area contributed by atoms with Gasteiger partial charge in [0, 0.05) is 12.1 Å². The summed E-state index contributed by atoms with van der Waals surface area (Å²) >= 11 is 0. The van der Waals surface area contributed by atoms with Crippen LogP contribution in [0, 0.1) is 22.0 Å². The smallest absolute Gasteiger partial charge is 0.339 e. The number of nitro groups is 1. The molecule has 3 N–H and O–H groups in total. The molecule has 0 aromatic heterocycles. The largest absolute Gasteiger partial charge is 0.449 e. The molecule has 4 atom stereocenters. The molecule has 0 bridgehead atoms. The first-order valence-corrected chi connectivity index (χ1v) is 8.76. The third kappa shape index (κ3) is 4.50. The van der Waals surface area contributed by atoms with E-state index in [-0.39, 0.29) is 28.9 Å². The van der Waals surface area contributed by atoms with Crippen LogP contribution in [-0.4, -0.2) is 28.9 Å². The average molecular weight is 363 g/mol. The van der Waals surface area contributed by atoms with Crippen molar-refractivity contribution in [2.75, 3.05) is 5.73 Å². The third-order valence-corrected chi connectivity index (χ3v) is 5.15. The lowest BCUT2D eigenvalue weighted by molar-refractivity contribution is -0.383.